The Balaban J connectivity index is 0.000000297. The number of nitrogens with two attached hydrogens (primary N) is 2. The molecule has 156 valence electrons. The van der Waals surface area contributed by atoms with Crippen LogP contribution < -0.4 is 16.8 Å². The number of thioether (sulfide) groups is 2. The number of carbonyl (C=O) groups is 2. The first kappa shape index (κ1) is 23.2. The molecule has 2 amide bonds. The minimum Gasteiger partial charge on any atom is -0.366 e. The summed E-state index contributed by atoms with van der Waals surface area (Å²) in [5, 5.41) is 3.74. The Labute approximate surface area is 184 Å². The third kappa shape index (κ3) is 6.50. The van der Waals surface area contributed by atoms with Crippen molar-refractivity contribution in [2.45, 2.75) is 17.0 Å². The number of anilines is 2. The van der Waals surface area contributed by atoms with Gasteiger partial charge in [0, 0.05) is 16.1 Å². The van der Waals surface area contributed by atoms with Crippen LogP contribution in [0.5, 0.6) is 0 Å². The van der Waals surface area contributed by atoms with E-state index in [0.29, 0.717) is 27.8 Å². The lowest BCUT2D eigenvalue weighted by atomic mass is 10.2. The first-order valence-corrected chi connectivity index (χ1v) is 11.3. The lowest BCUT2D eigenvalue weighted by Crippen LogP contribution is -2.17. The standard InChI is InChI=1S/C14H16N4OS2.C7H7NO/c1-8-11(12(15)19)13(18-14(16-8)21-3)17-9-4-6-10(20-2)7-5-9;8-7(9)6-4-2-1-3-5-6/h4-7H,1-3H3,(H2,15,19)(H,16,17,18);1-5H,(H2,8,9). The molecular weight excluding hydrogens is 418 g/mol. The molecule has 0 bridgehead atoms. The van der Waals surface area contributed by atoms with Crippen LogP contribution in [-0.4, -0.2) is 34.3 Å². The summed E-state index contributed by atoms with van der Waals surface area (Å²) in [7, 11) is 0. The number of hydrogen-bond donors (Lipinski definition) is 3. The first-order valence-electron chi connectivity index (χ1n) is 8.84. The van der Waals surface area contributed by atoms with Crippen LogP contribution in [0.4, 0.5) is 11.5 Å². The fraction of sp³-hybridized carbons (Fsp3) is 0.143. The predicted octanol–water partition coefficient (Wildman–Crippen LogP) is 3.86. The number of nitrogens with zero attached hydrogens (tertiary/aromatic N) is 2. The van der Waals surface area contributed by atoms with Crippen molar-refractivity contribution in [3.63, 3.8) is 0 Å². The Hall–Kier alpha value is -3.04. The second-order valence-corrected chi connectivity index (χ2v) is 7.62. The smallest absolute Gasteiger partial charge is 0.254 e. The van der Waals surface area contributed by atoms with E-state index in [0.717, 1.165) is 5.69 Å². The van der Waals surface area contributed by atoms with Crippen LogP contribution in [0.3, 0.4) is 0 Å². The van der Waals surface area contributed by atoms with Crippen LogP contribution in [0.1, 0.15) is 26.4 Å². The van der Waals surface area contributed by atoms with Crippen LogP contribution in [0.25, 0.3) is 0 Å². The summed E-state index contributed by atoms with van der Waals surface area (Å²) in [6.45, 7) is 1.75. The normalized spacial score (nSPS) is 9.97. The van der Waals surface area contributed by atoms with Crippen LogP contribution >= 0.6 is 23.5 Å². The van der Waals surface area contributed by atoms with E-state index in [1.165, 1.54) is 16.7 Å². The van der Waals surface area contributed by atoms with E-state index >= 15 is 0 Å². The topological polar surface area (TPSA) is 124 Å². The minimum atomic E-state index is -0.539. The largest absolute Gasteiger partial charge is 0.366 e. The zero-order valence-electron chi connectivity index (χ0n) is 16.9. The first-order chi connectivity index (χ1) is 14.3. The van der Waals surface area contributed by atoms with Gasteiger partial charge in [-0.05, 0) is 55.8 Å². The van der Waals surface area contributed by atoms with Gasteiger partial charge in [-0.2, -0.15) is 0 Å². The number of carbonyl (C=O) groups excluding carboxylic acids is 2. The van der Waals surface area contributed by atoms with Crippen LogP contribution in [-0.2, 0) is 0 Å². The summed E-state index contributed by atoms with van der Waals surface area (Å²) in [4.78, 5) is 31.8. The number of nitrogens with one attached hydrogen (secondary N) is 1. The summed E-state index contributed by atoms with van der Waals surface area (Å²) in [5.74, 6) is -0.477. The van der Waals surface area contributed by atoms with E-state index in [4.69, 9.17) is 11.5 Å². The minimum absolute atomic E-state index is 0.321. The lowest BCUT2D eigenvalue weighted by Gasteiger charge is -2.12. The molecular formula is C21H23N5O2S2. The van der Waals surface area contributed by atoms with E-state index in [1.54, 1.807) is 43.0 Å². The number of aromatic nitrogens is 2. The van der Waals surface area contributed by atoms with Gasteiger partial charge in [-0.15, -0.1) is 11.8 Å². The molecule has 0 atom stereocenters. The number of rotatable bonds is 6. The van der Waals surface area contributed by atoms with Crippen molar-refractivity contribution in [3.05, 3.63) is 71.4 Å². The quantitative estimate of drug-likeness (QED) is 0.392. The van der Waals surface area contributed by atoms with Gasteiger partial charge in [0.2, 0.25) is 5.91 Å². The molecule has 9 heteroatoms. The molecule has 0 aliphatic rings. The molecule has 0 aliphatic heterocycles. The Morgan fingerprint density at radius 3 is 1.97 bits per heavy atom. The monoisotopic (exact) mass is 441 g/mol. The van der Waals surface area contributed by atoms with E-state index in [1.807, 2.05) is 42.8 Å². The maximum Gasteiger partial charge on any atom is 0.254 e. The van der Waals surface area contributed by atoms with Crippen molar-refractivity contribution in [1.82, 2.24) is 9.97 Å². The molecule has 0 saturated heterocycles. The molecule has 30 heavy (non-hydrogen) atoms. The fourth-order valence-electron chi connectivity index (χ4n) is 2.44. The van der Waals surface area contributed by atoms with Gasteiger partial charge in [-0.25, -0.2) is 9.97 Å². The molecule has 0 fully saturated rings. The van der Waals surface area contributed by atoms with Crippen molar-refractivity contribution < 1.29 is 9.59 Å². The highest BCUT2D eigenvalue weighted by molar-refractivity contribution is 7.98. The second-order valence-electron chi connectivity index (χ2n) is 5.97. The molecule has 0 unspecified atom stereocenters. The SMILES string of the molecule is CSc1ccc(Nc2nc(SC)nc(C)c2C(N)=O)cc1.NC(=O)c1ccccc1. The number of benzene rings is 2. The van der Waals surface area contributed by atoms with E-state index < -0.39 is 5.91 Å². The highest BCUT2D eigenvalue weighted by Crippen LogP contribution is 2.25. The van der Waals surface area contributed by atoms with Crippen molar-refractivity contribution in [1.29, 1.82) is 0 Å². The summed E-state index contributed by atoms with van der Waals surface area (Å²) < 4.78 is 0. The summed E-state index contributed by atoms with van der Waals surface area (Å²) in [6.07, 6.45) is 3.90. The summed E-state index contributed by atoms with van der Waals surface area (Å²) in [5.41, 5.74) is 12.7. The Bertz CT molecular complexity index is 1010. The zero-order valence-corrected chi connectivity index (χ0v) is 18.5. The molecule has 7 nitrogen and oxygen atoms in total. The van der Waals surface area contributed by atoms with Gasteiger partial charge in [-0.1, -0.05) is 30.0 Å². The molecule has 0 radical (unpaired) electrons. The molecule has 3 rings (SSSR count). The zero-order chi connectivity index (χ0) is 22.1. The molecule has 3 aromatic rings. The Morgan fingerprint density at radius 2 is 1.50 bits per heavy atom. The summed E-state index contributed by atoms with van der Waals surface area (Å²) in [6, 6.07) is 16.6. The average molecular weight is 442 g/mol. The van der Waals surface area contributed by atoms with Crippen molar-refractivity contribution >= 4 is 46.8 Å². The highest BCUT2D eigenvalue weighted by Gasteiger charge is 2.16. The maximum absolute atomic E-state index is 11.6. The Morgan fingerprint density at radius 1 is 0.867 bits per heavy atom. The molecule has 1 aromatic heterocycles. The molecule has 2 aromatic carbocycles. The van der Waals surface area contributed by atoms with Gasteiger partial charge < -0.3 is 16.8 Å². The second kappa shape index (κ2) is 11.2. The predicted molar refractivity (Wildman–Crippen MR) is 124 cm³/mol. The number of primary amides is 2. The molecule has 0 spiro atoms. The van der Waals surface area contributed by atoms with Gasteiger partial charge in [0.05, 0.1) is 5.69 Å². The molecule has 0 saturated carbocycles. The number of hydrogen-bond acceptors (Lipinski definition) is 7. The van der Waals surface area contributed by atoms with Crippen LogP contribution in [0.2, 0.25) is 0 Å². The van der Waals surface area contributed by atoms with Gasteiger partial charge in [-0.3, -0.25) is 9.59 Å². The highest BCUT2D eigenvalue weighted by atomic mass is 32.2. The van der Waals surface area contributed by atoms with E-state index in [9.17, 15) is 9.59 Å². The molecule has 5 N–H and O–H groups in total. The van der Waals surface area contributed by atoms with Crippen LogP contribution in [0, 0.1) is 6.92 Å². The van der Waals surface area contributed by atoms with Gasteiger partial charge in [0.1, 0.15) is 11.4 Å². The van der Waals surface area contributed by atoms with Crippen molar-refractivity contribution in [2.24, 2.45) is 11.5 Å². The third-order valence-corrected chi connectivity index (χ3v) is 5.20. The third-order valence-electron chi connectivity index (χ3n) is 3.91. The maximum atomic E-state index is 11.6. The molecule has 0 aliphatic carbocycles. The Kier molecular flexibility index (Phi) is 8.70. The fourth-order valence-corrected chi connectivity index (χ4v) is 3.26. The van der Waals surface area contributed by atoms with Gasteiger partial charge >= 0.3 is 0 Å². The van der Waals surface area contributed by atoms with E-state index in [-0.39, 0.29) is 5.91 Å². The van der Waals surface area contributed by atoms with E-state index in [2.05, 4.69) is 15.3 Å². The molecule has 1 heterocycles. The van der Waals surface area contributed by atoms with Crippen LogP contribution in [0.15, 0.2) is 64.6 Å². The lowest BCUT2D eigenvalue weighted by molar-refractivity contribution is 0.0991. The summed E-state index contributed by atoms with van der Waals surface area (Å²) >= 11 is 3.09. The average Bonchev–Trinajstić information content (AvgIpc) is 2.74. The van der Waals surface area contributed by atoms with Gasteiger partial charge in [0.25, 0.3) is 5.91 Å². The van der Waals surface area contributed by atoms with Crippen molar-refractivity contribution in [2.75, 3.05) is 17.8 Å². The number of aryl methyl sites for hydroxylation is 1. The number of amides is 2. The van der Waals surface area contributed by atoms with Crippen molar-refractivity contribution in [3.8, 4) is 0 Å². The van der Waals surface area contributed by atoms with Gasteiger partial charge in [0.15, 0.2) is 5.16 Å².